The highest BCUT2D eigenvalue weighted by Crippen LogP contribution is 2.23. The average Bonchev–Trinajstić information content (AvgIpc) is 3.44. The van der Waals surface area contributed by atoms with Gasteiger partial charge in [-0.1, -0.05) is 103 Å². The van der Waals surface area contributed by atoms with Crippen molar-refractivity contribution in [3.63, 3.8) is 0 Å². The molecule has 16 nitrogen and oxygen atoms in total. The molecule has 5 rings (SSSR count). The second kappa shape index (κ2) is 35.0. The summed E-state index contributed by atoms with van der Waals surface area (Å²) in [5.74, 6) is -1.79. The Kier molecular flexibility index (Phi) is 27.5. The van der Waals surface area contributed by atoms with Crippen LogP contribution in [0.4, 0.5) is 0 Å². The molecule has 76 heavy (non-hydrogen) atoms. The normalized spacial score (nSPS) is 13.8. The van der Waals surface area contributed by atoms with E-state index in [9.17, 15) is 28.8 Å². The number of esters is 6. The summed E-state index contributed by atoms with van der Waals surface area (Å²) in [6, 6.07) is 24.9. The Bertz CT molecular complexity index is 2230. The van der Waals surface area contributed by atoms with Gasteiger partial charge in [-0.05, 0) is 123 Å². The van der Waals surface area contributed by atoms with Gasteiger partial charge >= 0.3 is 35.8 Å². The lowest BCUT2D eigenvalue weighted by atomic mass is 10.1. The van der Waals surface area contributed by atoms with Gasteiger partial charge in [-0.25, -0.2) is 28.8 Å². The summed E-state index contributed by atoms with van der Waals surface area (Å²) in [6.45, 7) is 8.98. The molecule has 1 saturated heterocycles. The van der Waals surface area contributed by atoms with Crippen LogP contribution in [0.3, 0.4) is 0 Å². The molecule has 1 heterocycles. The van der Waals surface area contributed by atoms with E-state index in [4.69, 9.17) is 47.4 Å². The molecule has 408 valence electrons. The van der Waals surface area contributed by atoms with Crippen LogP contribution >= 0.6 is 0 Å². The summed E-state index contributed by atoms with van der Waals surface area (Å²) < 4.78 is 54.9. The van der Waals surface area contributed by atoms with E-state index in [1.807, 2.05) is 0 Å². The fourth-order valence-corrected chi connectivity index (χ4v) is 7.76. The Morgan fingerprint density at radius 3 is 0.934 bits per heavy atom. The lowest BCUT2D eigenvalue weighted by Crippen LogP contribution is -2.44. The van der Waals surface area contributed by atoms with Gasteiger partial charge in [-0.15, -0.1) is 0 Å². The number of carbonyl (C=O) groups excluding carboxylic acids is 6. The van der Waals surface area contributed by atoms with Gasteiger partial charge < -0.3 is 47.4 Å². The predicted octanol–water partition coefficient (Wildman–Crippen LogP) is 12.1. The molecule has 0 aromatic heterocycles. The molecule has 0 bridgehead atoms. The quantitative estimate of drug-likeness (QED) is 0.0137. The van der Waals surface area contributed by atoms with E-state index >= 15 is 0 Å². The van der Waals surface area contributed by atoms with Crippen LogP contribution in [0.5, 0.6) is 23.0 Å². The Labute approximate surface area is 445 Å². The third kappa shape index (κ3) is 23.1. The maximum absolute atomic E-state index is 13.1. The second-order valence-corrected chi connectivity index (χ2v) is 18.0. The second-order valence-electron chi connectivity index (χ2n) is 18.0. The number of unbranched alkanes of at least 4 members (excludes halogenated alkanes) is 16. The van der Waals surface area contributed by atoms with E-state index in [1.54, 1.807) is 48.5 Å². The van der Waals surface area contributed by atoms with Gasteiger partial charge in [0.25, 0.3) is 12.6 Å². The zero-order valence-corrected chi connectivity index (χ0v) is 43.5. The van der Waals surface area contributed by atoms with Crippen LogP contribution in [0.2, 0.25) is 0 Å². The molecule has 0 unspecified atom stereocenters. The largest absolute Gasteiger partial charge is 0.494 e. The fraction of sp³-hybridized carbons (Fsp3) is 0.433. The molecule has 0 N–H and O–H groups in total. The first-order valence-electron chi connectivity index (χ1n) is 26.5. The van der Waals surface area contributed by atoms with Gasteiger partial charge in [-0.3, -0.25) is 0 Å². The fourth-order valence-electron chi connectivity index (χ4n) is 7.76. The Morgan fingerprint density at radius 2 is 0.632 bits per heavy atom. The minimum Gasteiger partial charge on any atom is -0.494 e. The van der Waals surface area contributed by atoms with Crippen molar-refractivity contribution in [3.8, 4) is 23.0 Å². The highest BCUT2D eigenvalue weighted by molar-refractivity contribution is 5.93. The lowest BCUT2D eigenvalue weighted by Gasteiger charge is -2.30. The van der Waals surface area contributed by atoms with Crippen molar-refractivity contribution in [3.05, 3.63) is 145 Å². The molecule has 0 spiro atoms. The topological polar surface area (TPSA) is 195 Å². The van der Waals surface area contributed by atoms with Crippen molar-refractivity contribution in [2.45, 2.75) is 128 Å². The summed E-state index contributed by atoms with van der Waals surface area (Å²) in [5.41, 5.74) is 0.883. The van der Waals surface area contributed by atoms with E-state index in [0.717, 1.165) is 77.0 Å². The zero-order chi connectivity index (χ0) is 54.0. The van der Waals surface area contributed by atoms with Gasteiger partial charge in [0.15, 0.2) is 0 Å². The Hall–Kier alpha value is -7.30. The molecule has 2 atom stereocenters. The first-order valence-corrected chi connectivity index (χ1v) is 26.5. The minimum atomic E-state index is -1.38. The first kappa shape index (κ1) is 59.6. The maximum Gasteiger partial charge on any atom is 0.343 e. The van der Waals surface area contributed by atoms with Crippen LogP contribution in [0, 0.1) is 0 Å². The lowest BCUT2D eigenvalue weighted by molar-refractivity contribution is -0.288. The van der Waals surface area contributed by atoms with Gasteiger partial charge in [0.05, 0.1) is 61.9 Å². The molecule has 1 aliphatic rings. The van der Waals surface area contributed by atoms with E-state index in [2.05, 4.69) is 13.2 Å². The number of benzene rings is 4. The highest BCUT2D eigenvalue weighted by Gasteiger charge is 2.34. The smallest absolute Gasteiger partial charge is 0.343 e. The molecule has 1 aliphatic heterocycles. The van der Waals surface area contributed by atoms with Gasteiger partial charge in [0.1, 0.15) is 23.0 Å². The van der Waals surface area contributed by atoms with Crippen LogP contribution in [0.1, 0.15) is 157 Å². The number of carbonyl (C=O) groups is 6. The molecule has 0 aliphatic carbocycles. The molecule has 0 amide bonds. The third-order valence-electron chi connectivity index (χ3n) is 12.0. The van der Waals surface area contributed by atoms with Crippen molar-refractivity contribution >= 4 is 35.8 Å². The van der Waals surface area contributed by atoms with Crippen molar-refractivity contribution < 1.29 is 76.1 Å². The summed E-state index contributed by atoms with van der Waals surface area (Å²) >= 11 is 0. The standard InChI is InChI=1S/C60H72O16/c1-3-53(61)69-41-21-17-13-9-5-7-11-15-19-39-67-49-31-23-45(24-32-49)55(63)73-51-35-27-47(28-36-51)57(65)75-59-60(72-44-43-71-59)76-58(66)48-29-37-52(38-30-48)74-56(64)46-25-33-50(34-26-46)68-40-20-16-12-8-6-10-14-18-22-42-70-54(62)4-2/h3-4,23-38,59-60H,1-2,5-22,39-44H2/t59-,60-/m0/s1. The van der Waals surface area contributed by atoms with E-state index in [-0.39, 0.29) is 47.8 Å². The van der Waals surface area contributed by atoms with E-state index in [0.29, 0.717) is 49.1 Å². The SMILES string of the molecule is C=CC(=O)OCCCCCCCCCCCOc1ccc(C(=O)Oc2ccc(C(=O)O[C@@H]3OCCO[C@H]3OC(=O)c3ccc(OC(=O)c4ccc(OCCCCCCCCCCCOC(=O)C=C)cc4)cc3)cc2)cc1. The maximum atomic E-state index is 13.1. The van der Waals surface area contributed by atoms with Crippen LogP contribution in [-0.4, -0.2) is 88.0 Å². The van der Waals surface area contributed by atoms with Gasteiger partial charge in [0, 0.05) is 12.2 Å². The highest BCUT2D eigenvalue weighted by atomic mass is 16.8. The monoisotopic (exact) mass is 1050 g/mol. The predicted molar refractivity (Wildman–Crippen MR) is 282 cm³/mol. The molecule has 0 saturated carbocycles. The van der Waals surface area contributed by atoms with Crippen LogP contribution in [0.15, 0.2) is 122 Å². The summed E-state index contributed by atoms with van der Waals surface area (Å²) in [6.07, 6.45) is 19.0. The molecular weight excluding hydrogens is 977 g/mol. The number of rotatable bonds is 36. The summed E-state index contributed by atoms with van der Waals surface area (Å²) in [5, 5.41) is 0. The van der Waals surface area contributed by atoms with Crippen molar-refractivity contribution in [1.29, 1.82) is 0 Å². The van der Waals surface area contributed by atoms with Crippen molar-refractivity contribution in [1.82, 2.24) is 0 Å². The molecule has 1 fully saturated rings. The Balaban J connectivity index is 0.932. The van der Waals surface area contributed by atoms with E-state index in [1.165, 1.54) is 99.2 Å². The van der Waals surface area contributed by atoms with Crippen LogP contribution in [-0.2, 0) is 38.0 Å². The van der Waals surface area contributed by atoms with Crippen LogP contribution in [0.25, 0.3) is 0 Å². The van der Waals surface area contributed by atoms with Crippen molar-refractivity contribution in [2.75, 3.05) is 39.6 Å². The molecular formula is C60H72O16. The van der Waals surface area contributed by atoms with Crippen molar-refractivity contribution in [2.24, 2.45) is 0 Å². The molecule has 16 heteroatoms. The van der Waals surface area contributed by atoms with Gasteiger partial charge in [0.2, 0.25) is 0 Å². The Morgan fingerprint density at radius 1 is 0.368 bits per heavy atom. The summed E-state index contributed by atoms with van der Waals surface area (Å²) in [4.78, 5) is 74.1. The van der Waals surface area contributed by atoms with E-state index < -0.39 is 36.5 Å². The number of hydrogen-bond acceptors (Lipinski definition) is 16. The third-order valence-corrected chi connectivity index (χ3v) is 12.0. The zero-order valence-electron chi connectivity index (χ0n) is 43.5. The van der Waals surface area contributed by atoms with Gasteiger partial charge in [-0.2, -0.15) is 0 Å². The summed E-state index contributed by atoms with van der Waals surface area (Å²) in [7, 11) is 0. The number of ether oxygens (including phenoxy) is 10. The number of hydrogen-bond donors (Lipinski definition) is 0. The minimum absolute atomic E-state index is 0.0797. The molecule has 4 aromatic rings. The first-order chi connectivity index (χ1) is 37.1. The van der Waals surface area contributed by atoms with Crippen LogP contribution < -0.4 is 18.9 Å². The molecule has 4 aromatic carbocycles. The molecule has 0 radical (unpaired) electrons. The average molecular weight is 1050 g/mol.